The number of imide groups is 1. The molecule has 10 heteroatoms. The molecular formula is C22H22N4O6. The number of hydrogen-bond acceptors (Lipinski definition) is 8. The van der Waals surface area contributed by atoms with Crippen molar-refractivity contribution in [3.8, 4) is 0 Å². The maximum atomic E-state index is 12.5. The van der Waals surface area contributed by atoms with Crippen molar-refractivity contribution in [2.24, 2.45) is 0 Å². The Kier molecular flexibility index (Phi) is 5.37. The van der Waals surface area contributed by atoms with Crippen LogP contribution in [0, 0.1) is 0 Å². The predicted octanol–water partition coefficient (Wildman–Crippen LogP) is 2.92. The zero-order chi connectivity index (χ0) is 23.0. The van der Waals surface area contributed by atoms with E-state index >= 15 is 0 Å². The zero-order valence-electron chi connectivity index (χ0n) is 17.9. The Bertz CT molecular complexity index is 1060. The molecule has 0 N–H and O–H groups in total. The third-order valence-electron chi connectivity index (χ3n) is 5.02. The molecule has 1 unspecified atom stereocenters. The summed E-state index contributed by atoms with van der Waals surface area (Å²) in [5.41, 5.74) is -0.323. The summed E-state index contributed by atoms with van der Waals surface area (Å²) < 4.78 is 5.44. The third-order valence-corrected chi connectivity index (χ3v) is 5.02. The van der Waals surface area contributed by atoms with Crippen molar-refractivity contribution in [3.63, 3.8) is 0 Å². The number of hydroxylamine groups is 2. The quantitative estimate of drug-likeness (QED) is 0.671. The number of nitrogens with zero attached hydrogens (tertiary/aromatic N) is 4. The molecule has 1 atom stereocenters. The van der Waals surface area contributed by atoms with E-state index in [9.17, 15) is 19.2 Å². The lowest BCUT2D eigenvalue weighted by Gasteiger charge is -2.27. The van der Waals surface area contributed by atoms with Crippen LogP contribution in [0.1, 0.15) is 76.6 Å². The summed E-state index contributed by atoms with van der Waals surface area (Å²) in [6.07, 6.45) is 3.48. The summed E-state index contributed by atoms with van der Waals surface area (Å²) in [4.78, 5) is 64.6. The van der Waals surface area contributed by atoms with Gasteiger partial charge < -0.3 is 9.57 Å². The largest absolute Gasteiger partial charge is 0.444 e. The number of rotatable bonds is 3. The van der Waals surface area contributed by atoms with Crippen molar-refractivity contribution in [2.45, 2.75) is 45.3 Å². The molecule has 1 aromatic heterocycles. The van der Waals surface area contributed by atoms with Gasteiger partial charge >= 0.3 is 12.1 Å². The van der Waals surface area contributed by atoms with Crippen LogP contribution in [0.25, 0.3) is 0 Å². The number of fused-ring (bicyclic) bond motifs is 1. The summed E-state index contributed by atoms with van der Waals surface area (Å²) in [6.45, 7) is 5.90. The fourth-order valence-corrected chi connectivity index (χ4v) is 3.58. The van der Waals surface area contributed by atoms with Crippen LogP contribution in [0.5, 0.6) is 0 Å². The average Bonchev–Trinajstić information content (AvgIpc) is 3.33. The smallest absolute Gasteiger partial charge is 0.410 e. The standard InChI is InChI=1S/C22H22N4O6/c1-22(2,3)31-21(30)25-10-6-9-16(25)17-23-11-13(12-24-17)20(29)32-26-18(27)14-7-4-5-8-15(14)19(26)28/h4-5,7-8,11-12,16H,6,9-10H2,1-3H3. The first kappa shape index (κ1) is 21.4. The van der Waals surface area contributed by atoms with Gasteiger partial charge in [-0.25, -0.2) is 19.6 Å². The van der Waals surface area contributed by atoms with Crippen molar-refractivity contribution < 1.29 is 28.8 Å². The first-order chi connectivity index (χ1) is 15.2. The number of carbonyl (C=O) groups excluding carboxylic acids is 4. The van der Waals surface area contributed by atoms with E-state index in [-0.39, 0.29) is 22.7 Å². The number of hydrogen-bond donors (Lipinski definition) is 0. The van der Waals surface area contributed by atoms with Crippen molar-refractivity contribution in [2.75, 3.05) is 6.54 Å². The topological polar surface area (TPSA) is 119 Å². The van der Waals surface area contributed by atoms with Crippen LogP contribution < -0.4 is 0 Å². The lowest BCUT2D eigenvalue weighted by molar-refractivity contribution is -0.0585. The van der Waals surface area contributed by atoms with Gasteiger partial charge in [0, 0.05) is 18.9 Å². The summed E-state index contributed by atoms with van der Waals surface area (Å²) in [7, 11) is 0. The molecule has 32 heavy (non-hydrogen) atoms. The summed E-state index contributed by atoms with van der Waals surface area (Å²) in [5.74, 6) is -2.00. The highest BCUT2D eigenvalue weighted by Gasteiger charge is 2.39. The van der Waals surface area contributed by atoms with Gasteiger partial charge in [-0.3, -0.25) is 14.5 Å². The van der Waals surface area contributed by atoms with Gasteiger partial charge in [0.15, 0.2) is 5.82 Å². The zero-order valence-corrected chi connectivity index (χ0v) is 17.9. The van der Waals surface area contributed by atoms with E-state index in [1.807, 2.05) is 0 Å². The van der Waals surface area contributed by atoms with E-state index < -0.39 is 29.5 Å². The monoisotopic (exact) mass is 438 g/mol. The van der Waals surface area contributed by atoms with Crippen LogP contribution in [0.3, 0.4) is 0 Å². The second kappa shape index (κ2) is 8.03. The minimum atomic E-state index is -0.943. The van der Waals surface area contributed by atoms with Crippen LogP contribution in [0.15, 0.2) is 36.7 Å². The molecule has 2 aromatic rings. The van der Waals surface area contributed by atoms with Crippen LogP contribution in [-0.2, 0) is 9.57 Å². The van der Waals surface area contributed by atoms with Crippen LogP contribution in [-0.4, -0.2) is 56.0 Å². The third kappa shape index (κ3) is 4.03. The number of amides is 3. The molecule has 0 aliphatic carbocycles. The number of benzene rings is 1. The van der Waals surface area contributed by atoms with E-state index in [2.05, 4.69) is 9.97 Å². The van der Waals surface area contributed by atoms with Gasteiger partial charge in [0.2, 0.25) is 0 Å². The Morgan fingerprint density at radius 2 is 1.62 bits per heavy atom. The molecule has 10 nitrogen and oxygen atoms in total. The Balaban J connectivity index is 1.45. The van der Waals surface area contributed by atoms with Gasteiger partial charge in [0.1, 0.15) is 5.60 Å². The number of aromatic nitrogens is 2. The van der Waals surface area contributed by atoms with Crippen LogP contribution in [0.2, 0.25) is 0 Å². The molecule has 166 valence electrons. The van der Waals surface area contributed by atoms with Crippen LogP contribution >= 0.6 is 0 Å². The molecule has 0 spiro atoms. The molecule has 3 heterocycles. The van der Waals surface area contributed by atoms with Gasteiger partial charge in [-0.05, 0) is 45.7 Å². The van der Waals surface area contributed by atoms with E-state index in [0.29, 0.717) is 23.9 Å². The summed E-state index contributed by atoms with van der Waals surface area (Å²) in [5, 5.41) is 0.433. The van der Waals surface area contributed by atoms with E-state index in [1.54, 1.807) is 37.8 Å². The number of likely N-dealkylation sites (tertiary alicyclic amines) is 1. The molecule has 1 aromatic carbocycles. The maximum absolute atomic E-state index is 12.5. The first-order valence-corrected chi connectivity index (χ1v) is 10.2. The number of carbonyl (C=O) groups is 4. The molecule has 1 saturated heterocycles. The van der Waals surface area contributed by atoms with Gasteiger partial charge in [0.05, 0.1) is 22.7 Å². The molecule has 4 rings (SSSR count). The lowest BCUT2D eigenvalue weighted by Crippen LogP contribution is -2.37. The molecular weight excluding hydrogens is 416 g/mol. The van der Waals surface area contributed by atoms with Gasteiger partial charge in [-0.15, -0.1) is 0 Å². The van der Waals surface area contributed by atoms with Crippen LogP contribution in [0.4, 0.5) is 4.79 Å². The highest BCUT2D eigenvalue weighted by molar-refractivity contribution is 6.21. The second-order valence-electron chi connectivity index (χ2n) is 8.49. The Hall–Kier alpha value is -3.82. The fraction of sp³-hybridized carbons (Fsp3) is 0.364. The molecule has 0 saturated carbocycles. The highest BCUT2D eigenvalue weighted by Crippen LogP contribution is 2.31. The average molecular weight is 438 g/mol. The van der Waals surface area contributed by atoms with Crippen molar-refractivity contribution in [1.82, 2.24) is 19.9 Å². The summed E-state index contributed by atoms with van der Waals surface area (Å²) in [6, 6.07) is 5.83. The minimum absolute atomic E-state index is 0.0351. The van der Waals surface area contributed by atoms with Crippen molar-refractivity contribution in [3.05, 3.63) is 59.2 Å². The molecule has 3 amide bonds. The number of ether oxygens (including phenoxy) is 1. The van der Waals surface area contributed by atoms with E-state index in [1.165, 1.54) is 24.5 Å². The van der Waals surface area contributed by atoms with E-state index in [4.69, 9.17) is 9.57 Å². The molecule has 0 bridgehead atoms. The molecule has 2 aliphatic heterocycles. The first-order valence-electron chi connectivity index (χ1n) is 10.2. The summed E-state index contributed by atoms with van der Waals surface area (Å²) >= 11 is 0. The van der Waals surface area contributed by atoms with Gasteiger partial charge in [0.25, 0.3) is 11.8 Å². The molecule has 1 fully saturated rings. The lowest BCUT2D eigenvalue weighted by atomic mass is 10.1. The Morgan fingerprint density at radius 3 is 2.19 bits per heavy atom. The highest BCUT2D eigenvalue weighted by atomic mass is 16.7. The van der Waals surface area contributed by atoms with Gasteiger partial charge in [-0.2, -0.15) is 0 Å². The predicted molar refractivity (Wildman–Crippen MR) is 109 cm³/mol. The van der Waals surface area contributed by atoms with Crippen molar-refractivity contribution >= 4 is 23.9 Å². The normalized spacial score (nSPS) is 18.0. The Labute approximate surface area is 184 Å². The second-order valence-corrected chi connectivity index (χ2v) is 8.49. The Morgan fingerprint density at radius 1 is 1.03 bits per heavy atom. The van der Waals surface area contributed by atoms with Crippen molar-refractivity contribution in [1.29, 1.82) is 0 Å². The van der Waals surface area contributed by atoms with E-state index in [0.717, 1.165) is 6.42 Å². The minimum Gasteiger partial charge on any atom is -0.444 e. The molecule has 0 radical (unpaired) electrons. The fourth-order valence-electron chi connectivity index (χ4n) is 3.58. The maximum Gasteiger partial charge on any atom is 0.410 e. The molecule has 2 aliphatic rings. The van der Waals surface area contributed by atoms with Gasteiger partial charge in [-0.1, -0.05) is 17.2 Å². The SMILES string of the molecule is CC(C)(C)OC(=O)N1CCCC1c1ncc(C(=O)ON2C(=O)c3ccccc3C2=O)cn1.